The third-order valence-corrected chi connectivity index (χ3v) is 16.4. The first-order valence-electron chi connectivity index (χ1n) is 26.0. The Morgan fingerprint density at radius 1 is 0.691 bits per heavy atom. The second-order valence-electron chi connectivity index (χ2n) is 18.5. The fraction of sp³-hybridized carbons (Fsp3) is 0.141. The SMILES string of the molecule is CCNC(=O)/C=C\SC1=C(C(=O)OC(c2ccccc2)c2ccccc2)N2C(=O)[C@@H](NC(=O)/C(=N\OCC(=O)OC(c3ccccc3)c3ccccc3)c3csc(NC(c4ccccc4)(c4ccccc4)c4ccccc4)n3)[C@@H]2SC1. The number of thiazole rings is 1. The highest BCUT2D eigenvalue weighted by atomic mass is 32.2. The third-order valence-electron chi connectivity index (χ3n) is 13.3. The maximum atomic E-state index is 14.9. The fourth-order valence-corrected chi connectivity index (χ4v) is 12.6. The van der Waals surface area contributed by atoms with Crippen molar-refractivity contribution in [3.63, 3.8) is 0 Å². The highest BCUT2D eigenvalue weighted by Crippen LogP contribution is 2.45. The molecular formula is C64H54N6O8S3. The molecule has 0 bridgehead atoms. The molecule has 2 atom stereocenters. The molecule has 17 heteroatoms. The van der Waals surface area contributed by atoms with E-state index in [0.29, 0.717) is 27.7 Å². The predicted octanol–water partition coefficient (Wildman–Crippen LogP) is 10.9. The van der Waals surface area contributed by atoms with Crippen LogP contribution in [0.3, 0.4) is 0 Å². The maximum absolute atomic E-state index is 14.9. The lowest BCUT2D eigenvalue weighted by molar-refractivity contribution is -0.154. The standard InChI is InChI=1S/C64H54N6O8S3/c1-2-65-52(71)38-39-79-51-42-80-61-55(60(74)70(61)56(51)62(75)78-58(45-28-14-5-15-29-45)46-30-16-6-17-31-46)67-59(73)54(69-76-40-53(72)77-57(43-24-10-3-11-25-43)44-26-12-4-13-27-44)50-41-81-63(66-50)68-64(47-32-18-7-19-33-47,48-34-20-8-21-35-48)49-36-22-9-23-37-49/h3-39,41,55,57-58,61H,2,40,42H2,1H3,(H,65,71)(H,66,68)(H,67,73)/b39-38-,69-54-/t55-,61+/m1/s1. The van der Waals surface area contributed by atoms with Crippen molar-refractivity contribution >= 4 is 75.4 Å². The Morgan fingerprint density at radius 3 is 1.64 bits per heavy atom. The van der Waals surface area contributed by atoms with Gasteiger partial charge in [0.25, 0.3) is 11.8 Å². The zero-order valence-electron chi connectivity index (χ0n) is 43.7. The van der Waals surface area contributed by atoms with Gasteiger partial charge in [0, 0.05) is 28.7 Å². The Kier molecular flexibility index (Phi) is 17.9. The van der Waals surface area contributed by atoms with Gasteiger partial charge in [-0.15, -0.1) is 23.1 Å². The number of ether oxygens (including phenoxy) is 2. The van der Waals surface area contributed by atoms with Crippen molar-refractivity contribution in [1.82, 2.24) is 20.5 Å². The summed E-state index contributed by atoms with van der Waals surface area (Å²) in [6.07, 6.45) is -0.244. The molecule has 0 radical (unpaired) electrons. The molecule has 7 aromatic carbocycles. The third kappa shape index (κ3) is 12.7. The highest BCUT2D eigenvalue weighted by molar-refractivity contribution is 8.08. The van der Waals surface area contributed by atoms with Crippen molar-refractivity contribution < 1.29 is 38.3 Å². The van der Waals surface area contributed by atoms with Gasteiger partial charge < -0.3 is 30.3 Å². The lowest BCUT2D eigenvalue weighted by Crippen LogP contribution is -2.71. The molecule has 0 saturated carbocycles. The molecule has 0 unspecified atom stereocenters. The second-order valence-corrected chi connectivity index (χ2v) is 21.4. The van der Waals surface area contributed by atoms with Crippen LogP contribution in [0.15, 0.2) is 245 Å². The zero-order valence-corrected chi connectivity index (χ0v) is 46.2. The number of hydrogen-bond donors (Lipinski definition) is 3. The number of likely N-dealkylation sites (N-methyl/N-ethyl adjacent to an activating group) is 1. The number of nitrogens with one attached hydrogen (secondary N) is 3. The Balaban J connectivity index is 0.961. The molecule has 2 aliphatic rings. The lowest BCUT2D eigenvalue weighted by Gasteiger charge is -2.49. The molecule has 0 aliphatic carbocycles. The number of thioether (sulfide) groups is 2. The van der Waals surface area contributed by atoms with Crippen LogP contribution in [0, 0.1) is 0 Å². The van der Waals surface area contributed by atoms with Crippen LogP contribution in [-0.2, 0) is 43.8 Å². The van der Waals surface area contributed by atoms with E-state index >= 15 is 0 Å². The van der Waals surface area contributed by atoms with Gasteiger partial charge in [0.2, 0.25) is 12.5 Å². The number of carbonyl (C=O) groups is 5. The lowest BCUT2D eigenvalue weighted by atomic mass is 9.77. The molecule has 3 N–H and O–H groups in total. The number of β-lactam (4-membered cyclic amide) rings is 1. The van der Waals surface area contributed by atoms with Gasteiger partial charge in [-0.05, 0) is 51.3 Å². The fourth-order valence-electron chi connectivity index (χ4n) is 9.52. The van der Waals surface area contributed by atoms with E-state index in [-0.39, 0.29) is 28.8 Å². The van der Waals surface area contributed by atoms with Gasteiger partial charge in [-0.25, -0.2) is 14.6 Å². The molecule has 3 heterocycles. The minimum atomic E-state index is -1.16. The molecule has 81 heavy (non-hydrogen) atoms. The van der Waals surface area contributed by atoms with Crippen LogP contribution in [0.25, 0.3) is 0 Å². The number of rotatable bonds is 22. The summed E-state index contributed by atoms with van der Waals surface area (Å²) in [5.41, 5.74) is 4.42. The van der Waals surface area contributed by atoms with Gasteiger partial charge in [0.05, 0.1) is 0 Å². The number of esters is 2. The van der Waals surface area contributed by atoms with Crippen molar-refractivity contribution in [2.45, 2.75) is 36.1 Å². The van der Waals surface area contributed by atoms with Gasteiger partial charge in [-0.1, -0.05) is 229 Å². The van der Waals surface area contributed by atoms with E-state index in [9.17, 15) is 24.0 Å². The molecule has 0 spiro atoms. The van der Waals surface area contributed by atoms with Crippen molar-refractivity contribution in [3.05, 3.63) is 284 Å². The number of hydrogen-bond acceptors (Lipinski definition) is 14. The molecule has 1 aromatic heterocycles. The summed E-state index contributed by atoms with van der Waals surface area (Å²) in [6.45, 7) is 1.55. The molecular weight excluding hydrogens is 1080 g/mol. The molecule has 14 nitrogen and oxygen atoms in total. The normalized spacial score (nSPS) is 15.2. The summed E-state index contributed by atoms with van der Waals surface area (Å²) >= 11 is 3.68. The predicted molar refractivity (Wildman–Crippen MR) is 317 cm³/mol. The summed E-state index contributed by atoms with van der Waals surface area (Å²) in [6, 6.07) is 65.8. The van der Waals surface area contributed by atoms with Gasteiger partial charge >= 0.3 is 11.9 Å². The minimum Gasteiger partial charge on any atom is -0.450 e. The molecule has 8 aromatic rings. The van der Waals surface area contributed by atoms with E-state index in [2.05, 4.69) is 21.1 Å². The number of benzene rings is 7. The summed E-state index contributed by atoms with van der Waals surface area (Å²) in [4.78, 5) is 82.9. The Hall–Kier alpha value is -9.03. The number of carbonyl (C=O) groups excluding carboxylic acids is 5. The van der Waals surface area contributed by atoms with Crippen LogP contribution in [0.5, 0.6) is 0 Å². The number of fused-ring (bicyclic) bond motifs is 1. The summed E-state index contributed by atoms with van der Waals surface area (Å²) in [5, 5.41) is 16.4. The van der Waals surface area contributed by atoms with Crippen LogP contribution in [0.4, 0.5) is 5.13 Å². The van der Waals surface area contributed by atoms with Crippen LogP contribution < -0.4 is 16.0 Å². The summed E-state index contributed by atoms with van der Waals surface area (Å²) in [5.74, 6) is -3.05. The van der Waals surface area contributed by atoms with E-state index in [1.165, 1.54) is 34.1 Å². The van der Waals surface area contributed by atoms with E-state index in [4.69, 9.17) is 19.3 Å². The smallest absolute Gasteiger partial charge is 0.356 e. The van der Waals surface area contributed by atoms with Crippen molar-refractivity contribution in [2.75, 3.05) is 24.2 Å². The molecule has 2 aliphatic heterocycles. The average molecular weight is 1130 g/mol. The quantitative estimate of drug-likeness (QED) is 0.0146. The number of oxime groups is 1. The Bertz CT molecular complexity index is 3380. The summed E-state index contributed by atoms with van der Waals surface area (Å²) in [7, 11) is 0. The maximum Gasteiger partial charge on any atom is 0.356 e. The van der Waals surface area contributed by atoms with E-state index in [0.717, 1.165) is 39.6 Å². The molecule has 3 amide bonds. The topological polar surface area (TPSA) is 178 Å². The highest BCUT2D eigenvalue weighted by Gasteiger charge is 2.55. The summed E-state index contributed by atoms with van der Waals surface area (Å²) < 4.78 is 12.3. The van der Waals surface area contributed by atoms with Crippen LogP contribution in [0.2, 0.25) is 0 Å². The monoisotopic (exact) mass is 1130 g/mol. The first-order valence-corrected chi connectivity index (χ1v) is 28.8. The number of anilines is 1. The number of amides is 3. The Morgan fingerprint density at radius 2 is 1.16 bits per heavy atom. The van der Waals surface area contributed by atoms with E-state index in [1.807, 2.05) is 219 Å². The largest absolute Gasteiger partial charge is 0.450 e. The second kappa shape index (κ2) is 26.3. The molecule has 406 valence electrons. The first-order chi connectivity index (χ1) is 39.7. The first kappa shape index (κ1) is 55.3. The van der Waals surface area contributed by atoms with Crippen LogP contribution >= 0.6 is 34.9 Å². The Labute approximate surface area is 481 Å². The molecule has 10 rings (SSSR count). The van der Waals surface area contributed by atoms with Gasteiger partial charge in [0.15, 0.2) is 23.1 Å². The van der Waals surface area contributed by atoms with E-state index < -0.39 is 59.5 Å². The number of aromatic nitrogens is 1. The van der Waals surface area contributed by atoms with Crippen LogP contribution in [-0.4, -0.2) is 75.6 Å². The molecule has 1 fully saturated rings. The average Bonchev–Trinajstić information content (AvgIpc) is 4.14. The van der Waals surface area contributed by atoms with Crippen LogP contribution in [0.1, 0.15) is 63.8 Å². The van der Waals surface area contributed by atoms with Crippen molar-refractivity contribution in [1.29, 1.82) is 0 Å². The van der Waals surface area contributed by atoms with Gasteiger partial charge in [-0.2, -0.15) is 0 Å². The van der Waals surface area contributed by atoms with Crippen molar-refractivity contribution in [2.24, 2.45) is 5.16 Å². The van der Waals surface area contributed by atoms with Crippen molar-refractivity contribution in [3.8, 4) is 0 Å². The van der Waals surface area contributed by atoms with Gasteiger partial charge in [-0.3, -0.25) is 19.3 Å². The van der Waals surface area contributed by atoms with E-state index in [1.54, 1.807) is 10.8 Å². The zero-order chi connectivity index (χ0) is 56.0. The minimum absolute atomic E-state index is 0.00865. The van der Waals surface area contributed by atoms with Gasteiger partial charge in [0.1, 0.15) is 28.3 Å². The number of nitrogens with zero attached hydrogens (tertiary/aromatic N) is 3. The molecule has 1 saturated heterocycles.